The van der Waals surface area contributed by atoms with Crippen LogP contribution in [0.25, 0.3) is 11.1 Å². The number of carboxylic acid groups (broad SMARTS) is 1. The van der Waals surface area contributed by atoms with E-state index in [-0.39, 0.29) is 38.3 Å². The van der Waals surface area contributed by atoms with Crippen molar-refractivity contribution in [3.8, 4) is 28.4 Å². The van der Waals surface area contributed by atoms with E-state index in [1.165, 1.54) is 275 Å². The van der Waals surface area contributed by atoms with Gasteiger partial charge >= 0.3 is 12.1 Å². The largest absolute Gasteiger partial charge is 0.490 e. The number of carboxylic acids is 1. The molecular weight excluding hydrogens is 1240 g/mol. The van der Waals surface area contributed by atoms with Gasteiger partial charge in [-0.25, -0.2) is 9.59 Å². The van der Waals surface area contributed by atoms with Gasteiger partial charge in [-0.2, -0.15) is 0 Å². The second-order valence-corrected chi connectivity index (χ2v) is 30.2. The highest BCUT2D eigenvalue weighted by Gasteiger charge is 2.51. The molecule has 4 aromatic carbocycles. The molecule has 0 saturated carbocycles. The predicted molar refractivity (Wildman–Crippen MR) is 419 cm³/mol. The molecule has 1 aliphatic carbocycles. The highest BCUT2D eigenvalue weighted by Crippen LogP contribution is 2.46. The topological polar surface area (TPSA) is 124 Å². The summed E-state index contributed by atoms with van der Waals surface area (Å²) in [5.74, 6) is 0.0564. The summed E-state index contributed by atoms with van der Waals surface area (Å²) in [5, 5.41) is 14.6. The van der Waals surface area contributed by atoms with Gasteiger partial charge in [-0.3, -0.25) is 4.79 Å². The summed E-state index contributed by atoms with van der Waals surface area (Å²) in [6.45, 7) is 8.73. The highest BCUT2D eigenvalue weighted by atomic mass is 16.6. The van der Waals surface area contributed by atoms with Crippen LogP contribution < -0.4 is 19.5 Å². The van der Waals surface area contributed by atoms with E-state index in [1.54, 1.807) is 0 Å². The Kier molecular flexibility index (Phi) is 44.5. The molecule has 10 nitrogen and oxygen atoms in total. The standard InChI is InChI=1S/C90H142N2O8/c1-4-7-10-13-16-19-22-25-28-31-34-37-40-43-46-56-68-97-84-72-77(73-85(98-69-57-47-44-41-38-35-32-29-26-23-20-17-14-11-8-5-2)86(84)99-70-58-48-45-42-39-36-33-30-27-24-21-18-15-12-9-6-3)74-90(88(94)95)66-59-67-92(90)87(93)83(71-76-60-50-49-51-61-76)91-89(96)100-75-82-80-64-54-52-62-78(80)79-63-53-55-65-81(79)82/h49-55,60-65,72-73,82-83H,4-48,56-59,66-71,74-75H2,1-3H3,(H,91,96)(H,94,95). The maximum Gasteiger partial charge on any atom is 0.407 e. The van der Waals surface area contributed by atoms with Crippen LogP contribution in [0.4, 0.5) is 4.79 Å². The first-order valence-corrected chi connectivity index (χ1v) is 42.0. The van der Waals surface area contributed by atoms with Gasteiger partial charge < -0.3 is 34.3 Å². The van der Waals surface area contributed by atoms with Crippen molar-refractivity contribution in [3.05, 3.63) is 113 Å². The Hall–Kier alpha value is -5.51. The molecule has 1 heterocycles. The normalized spacial score (nSPS) is 14.5. The first kappa shape index (κ1) is 83.4. The molecule has 10 heteroatoms. The van der Waals surface area contributed by atoms with Gasteiger partial charge in [0.05, 0.1) is 19.8 Å². The summed E-state index contributed by atoms with van der Waals surface area (Å²) in [6, 6.07) is 28.9. The van der Waals surface area contributed by atoms with Crippen LogP contribution in [0.2, 0.25) is 0 Å². The number of fused-ring (bicyclic) bond motifs is 3. The van der Waals surface area contributed by atoms with Crippen molar-refractivity contribution in [2.75, 3.05) is 33.0 Å². The molecule has 0 bridgehead atoms. The molecule has 0 spiro atoms. The number of amides is 2. The lowest BCUT2D eigenvalue weighted by Gasteiger charge is -2.37. The smallest absolute Gasteiger partial charge is 0.407 e. The van der Waals surface area contributed by atoms with Gasteiger partial charge in [-0.15, -0.1) is 0 Å². The van der Waals surface area contributed by atoms with Gasteiger partial charge in [-0.05, 0) is 77.6 Å². The molecule has 1 saturated heterocycles. The number of ether oxygens (including phenoxy) is 4. The van der Waals surface area contributed by atoms with Gasteiger partial charge in [0.1, 0.15) is 18.2 Å². The number of carbonyl (C=O) groups is 3. The fraction of sp³-hybridized carbons (Fsp3) is 0.700. The predicted octanol–water partition coefficient (Wildman–Crippen LogP) is 25.7. The maximum absolute atomic E-state index is 15.4. The lowest BCUT2D eigenvalue weighted by Crippen LogP contribution is -2.60. The molecule has 1 fully saturated rings. The Bertz CT molecular complexity index is 2640. The zero-order valence-electron chi connectivity index (χ0n) is 63.9. The summed E-state index contributed by atoms with van der Waals surface area (Å²) in [5.41, 5.74) is 4.38. The Labute approximate surface area is 610 Å². The number of likely N-dealkylation sites (tertiary alicyclic amines) is 1. The first-order valence-electron chi connectivity index (χ1n) is 42.0. The Balaban J connectivity index is 1.13. The molecule has 2 atom stereocenters. The second-order valence-electron chi connectivity index (χ2n) is 30.2. The summed E-state index contributed by atoms with van der Waals surface area (Å²) >= 11 is 0. The minimum Gasteiger partial charge on any atom is -0.490 e. The van der Waals surface area contributed by atoms with Crippen LogP contribution in [-0.4, -0.2) is 72.5 Å². The van der Waals surface area contributed by atoms with Crippen LogP contribution in [0, 0.1) is 0 Å². The average molecular weight is 1380 g/mol. The third-order valence-corrected chi connectivity index (χ3v) is 21.7. The zero-order chi connectivity index (χ0) is 70.6. The fourth-order valence-corrected chi connectivity index (χ4v) is 15.6. The van der Waals surface area contributed by atoms with Gasteiger partial charge in [0.25, 0.3) is 0 Å². The molecule has 1 aliphatic heterocycles. The number of hydrogen-bond donors (Lipinski definition) is 2. The third kappa shape index (κ3) is 32.4. The molecular formula is C90H142N2O8. The van der Waals surface area contributed by atoms with E-state index in [0.29, 0.717) is 49.1 Å². The summed E-state index contributed by atoms with van der Waals surface area (Å²) in [4.78, 5) is 45.3. The van der Waals surface area contributed by atoms with Crippen LogP contribution in [0.3, 0.4) is 0 Å². The molecule has 2 unspecified atom stereocenters. The van der Waals surface area contributed by atoms with Crippen molar-refractivity contribution >= 4 is 18.0 Å². The summed E-state index contributed by atoms with van der Waals surface area (Å²) < 4.78 is 26.6. The summed E-state index contributed by atoms with van der Waals surface area (Å²) in [7, 11) is 0. The Morgan fingerprint density at radius 1 is 0.440 bits per heavy atom. The molecule has 0 aromatic heterocycles. The number of rotatable bonds is 63. The third-order valence-electron chi connectivity index (χ3n) is 21.7. The van der Waals surface area contributed by atoms with E-state index >= 15 is 4.79 Å². The summed E-state index contributed by atoms with van der Waals surface area (Å²) in [6.07, 6.45) is 62.4. The molecule has 100 heavy (non-hydrogen) atoms. The molecule has 2 aliphatic rings. The highest BCUT2D eigenvalue weighted by molar-refractivity contribution is 5.92. The van der Waals surface area contributed by atoms with Crippen LogP contribution >= 0.6 is 0 Å². The number of hydrogen-bond acceptors (Lipinski definition) is 7. The van der Waals surface area contributed by atoms with Crippen molar-refractivity contribution in [2.24, 2.45) is 0 Å². The zero-order valence-corrected chi connectivity index (χ0v) is 63.9. The average Bonchev–Trinajstić information content (AvgIpc) is 1.57. The number of aliphatic carboxylic acids is 1. The monoisotopic (exact) mass is 1380 g/mol. The number of nitrogens with zero attached hydrogens (tertiary/aromatic N) is 1. The quantitative estimate of drug-likeness (QED) is 0.0419. The van der Waals surface area contributed by atoms with Gasteiger partial charge in [0, 0.05) is 25.3 Å². The van der Waals surface area contributed by atoms with Gasteiger partial charge in [-0.1, -0.05) is 389 Å². The molecule has 2 amide bonds. The Morgan fingerprint density at radius 2 is 0.780 bits per heavy atom. The van der Waals surface area contributed by atoms with Crippen molar-refractivity contribution < 1.29 is 38.4 Å². The molecule has 2 N–H and O–H groups in total. The van der Waals surface area contributed by atoms with E-state index in [0.717, 1.165) is 66.3 Å². The van der Waals surface area contributed by atoms with Crippen molar-refractivity contribution in [1.82, 2.24) is 10.2 Å². The lowest BCUT2D eigenvalue weighted by atomic mass is 9.87. The first-order chi connectivity index (χ1) is 49.3. The van der Waals surface area contributed by atoms with Gasteiger partial charge in [0.15, 0.2) is 11.5 Å². The van der Waals surface area contributed by atoms with Crippen molar-refractivity contribution in [2.45, 2.75) is 372 Å². The van der Waals surface area contributed by atoms with Crippen LogP contribution in [0.15, 0.2) is 91.0 Å². The van der Waals surface area contributed by atoms with E-state index in [4.69, 9.17) is 18.9 Å². The molecule has 0 radical (unpaired) electrons. The van der Waals surface area contributed by atoms with E-state index in [9.17, 15) is 14.7 Å². The molecule has 4 aromatic rings. The van der Waals surface area contributed by atoms with E-state index in [2.05, 4.69) is 50.4 Å². The maximum atomic E-state index is 15.4. The van der Waals surface area contributed by atoms with Crippen LogP contribution in [0.5, 0.6) is 17.2 Å². The number of unbranched alkanes of at least 4 members (excludes halogenated alkanes) is 45. The fourth-order valence-electron chi connectivity index (χ4n) is 15.6. The van der Waals surface area contributed by atoms with E-state index in [1.807, 2.05) is 66.7 Å². The minimum atomic E-state index is -1.61. The minimum absolute atomic E-state index is 0.0291. The van der Waals surface area contributed by atoms with Gasteiger partial charge in [0.2, 0.25) is 11.7 Å². The van der Waals surface area contributed by atoms with Crippen LogP contribution in [-0.2, 0) is 27.2 Å². The van der Waals surface area contributed by atoms with Crippen molar-refractivity contribution in [3.63, 3.8) is 0 Å². The lowest BCUT2D eigenvalue weighted by molar-refractivity contribution is -0.157. The van der Waals surface area contributed by atoms with Crippen LogP contribution in [0.1, 0.15) is 370 Å². The van der Waals surface area contributed by atoms with E-state index < -0.39 is 29.6 Å². The number of alkyl carbamates (subject to hydrolysis) is 1. The number of carbonyl (C=O) groups excluding carboxylic acids is 2. The molecule has 6 rings (SSSR count). The Morgan fingerprint density at radius 3 is 1.15 bits per heavy atom. The number of nitrogens with one attached hydrogen (secondary N) is 1. The van der Waals surface area contributed by atoms with Crippen molar-refractivity contribution in [1.29, 1.82) is 0 Å². The SMILES string of the molecule is CCCCCCCCCCCCCCCCCCOc1cc(CC2(C(=O)O)CCCN2C(=O)C(Cc2ccccc2)NC(=O)OCC2c3ccccc3-c3ccccc32)cc(OCCCCCCCCCCCCCCCCCC)c1OCCCCCCCCCCCCCCCCCC. The number of benzene rings is 4. The molecule has 560 valence electrons. The second kappa shape index (κ2) is 53.3.